The Balaban J connectivity index is 1.94. The molecule has 166 valence electrons. The second-order valence-electron chi connectivity index (χ2n) is 6.67. The lowest BCUT2D eigenvalue weighted by molar-refractivity contribution is -0.117. The maximum atomic E-state index is 12.7. The van der Waals surface area contributed by atoms with Crippen LogP contribution in [0.3, 0.4) is 0 Å². The average Bonchev–Trinajstić information content (AvgIpc) is 3.05. The number of primary sulfonamides is 1. The molecule has 1 amide bonds. The normalized spacial score (nSPS) is 12.5. The van der Waals surface area contributed by atoms with E-state index in [9.17, 15) is 13.2 Å². The van der Waals surface area contributed by atoms with Crippen molar-refractivity contribution < 1.29 is 17.9 Å². The molecule has 31 heavy (non-hydrogen) atoms. The van der Waals surface area contributed by atoms with Gasteiger partial charge in [-0.05, 0) is 48.6 Å². The molecule has 3 aromatic rings. The molecule has 3 rings (SSSR count). The maximum Gasteiger partial charge on any atom is 0.252 e. The number of rotatable bonds is 9. The molecule has 0 radical (unpaired) electrons. The molecule has 0 aliphatic heterocycles. The highest BCUT2D eigenvalue weighted by molar-refractivity contribution is 7.99. The fraction of sp³-hybridized carbons (Fsp3) is 0.333. The third-order valence-corrected chi connectivity index (χ3v) is 7.30. The molecule has 0 spiro atoms. The number of hydrogen-bond donors (Lipinski definition) is 1. The van der Waals surface area contributed by atoms with Gasteiger partial charge in [0.1, 0.15) is 0 Å². The molecule has 0 bridgehead atoms. The van der Waals surface area contributed by atoms with E-state index in [1.165, 1.54) is 28.4 Å². The van der Waals surface area contributed by atoms with Crippen molar-refractivity contribution in [1.82, 2.24) is 4.57 Å². The van der Waals surface area contributed by atoms with Crippen molar-refractivity contribution in [1.29, 1.82) is 0 Å². The summed E-state index contributed by atoms with van der Waals surface area (Å²) in [5.74, 6) is 0.730. The van der Waals surface area contributed by atoms with E-state index in [4.69, 9.17) is 9.88 Å². The zero-order valence-corrected chi connectivity index (χ0v) is 19.9. The first-order valence-electron chi connectivity index (χ1n) is 9.85. The van der Waals surface area contributed by atoms with Gasteiger partial charge in [0.25, 0.3) is 5.91 Å². The summed E-state index contributed by atoms with van der Waals surface area (Å²) >= 11 is 3.01. The Kier molecular flexibility index (Phi) is 8.06. The molecule has 0 unspecified atom stereocenters. The Labute approximate surface area is 190 Å². The third kappa shape index (κ3) is 6.27. The van der Waals surface area contributed by atoms with Gasteiger partial charge in [-0.25, -0.2) is 13.6 Å². The maximum absolute atomic E-state index is 12.7. The lowest BCUT2D eigenvalue weighted by Gasteiger charge is -2.06. The van der Waals surface area contributed by atoms with E-state index in [1.54, 1.807) is 17.8 Å². The van der Waals surface area contributed by atoms with Crippen molar-refractivity contribution in [2.45, 2.75) is 36.6 Å². The Bertz CT molecular complexity index is 1230. The molecule has 0 saturated heterocycles. The fourth-order valence-electron chi connectivity index (χ4n) is 3.02. The van der Waals surface area contributed by atoms with E-state index in [-0.39, 0.29) is 17.2 Å². The number of carbonyl (C=O) groups is 1. The van der Waals surface area contributed by atoms with Crippen molar-refractivity contribution in [3.8, 4) is 0 Å². The van der Waals surface area contributed by atoms with Crippen LogP contribution in [0, 0.1) is 0 Å². The topological polar surface area (TPSA) is 104 Å². The SMILES string of the molecule is CCOCCn1c(=NC(=O)Cc2ccc(SCC)cc2)sc2cc(S(N)(=O)=O)ccc21. The van der Waals surface area contributed by atoms with Crippen LogP contribution in [0.15, 0.2) is 57.2 Å². The summed E-state index contributed by atoms with van der Waals surface area (Å²) in [6.07, 6.45) is 0.194. The van der Waals surface area contributed by atoms with Gasteiger partial charge in [-0.15, -0.1) is 11.8 Å². The smallest absolute Gasteiger partial charge is 0.252 e. The minimum absolute atomic E-state index is 0.0288. The predicted molar refractivity (Wildman–Crippen MR) is 125 cm³/mol. The highest BCUT2D eigenvalue weighted by Gasteiger charge is 2.13. The zero-order chi connectivity index (χ0) is 22.4. The molecule has 7 nitrogen and oxygen atoms in total. The van der Waals surface area contributed by atoms with Crippen LogP contribution in [-0.4, -0.2) is 37.9 Å². The molecule has 2 aromatic carbocycles. The highest BCUT2D eigenvalue weighted by atomic mass is 32.2. The van der Waals surface area contributed by atoms with Gasteiger partial charge in [-0.1, -0.05) is 30.4 Å². The van der Waals surface area contributed by atoms with Crippen LogP contribution in [0.5, 0.6) is 0 Å². The molecular formula is C21H25N3O4S3. The lowest BCUT2D eigenvalue weighted by atomic mass is 10.1. The molecule has 0 aliphatic carbocycles. The van der Waals surface area contributed by atoms with E-state index in [1.807, 2.05) is 35.8 Å². The van der Waals surface area contributed by atoms with Crippen LogP contribution in [0.4, 0.5) is 0 Å². The second kappa shape index (κ2) is 10.6. The number of thiazole rings is 1. The third-order valence-electron chi connectivity index (χ3n) is 4.46. The minimum Gasteiger partial charge on any atom is -0.380 e. The fourth-order valence-corrected chi connectivity index (χ4v) is 5.41. The predicted octanol–water partition coefficient (Wildman–Crippen LogP) is 3.17. The van der Waals surface area contributed by atoms with Crippen LogP contribution < -0.4 is 9.94 Å². The van der Waals surface area contributed by atoms with E-state index < -0.39 is 10.0 Å². The number of benzene rings is 2. The standard InChI is InChI=1S/C21H25N3O4S3/c1-3-28-12-11-24-18-10-9-17(31(22,26)27)14-19(18)30-21(24)23-20(25)13-15-5-7-16(8-6-15)29-4-2/h5-10,14H,3-4,11-13H2,1-2H3,(H2,22,26,27). The number of sulfonamides is 1. The van der Waals surface area contributed by atoms with Gasteiger partial charge in [0.2, 0.25) is 10.0 Å². The van der Waals surface area contributed by atoms with E-state index in [2.05, 4.69) is 11.9 Å². The molecule has 0 atom stereocenters. The van der Waals surface area contributed by atoms with E-state index in [0.29, 0.717) is 29.3 Å². The van der Waals surface area contributed by atoms with Crippen LogP contribution >= 0.6 is 23.1 Å². The molecule has 1 aromatic heterocycles. The van der Waals surface area contributed by atoms with Gasteiger partial charge in [-0.3, -0.25) is 4.79 Å². The van der Waals surface area contributed by atoms with Crippen LogP contribution in [0.1, 0.15) is 19.4 Å². The summed E-state index contributed by atoms with van der Waals surface area (Å²) < 4.78 is 31.4. The summed E-state index contributed by atoms with van der Waals surface area (Å²) in [6.45, 7) is 5.54. The van der Waals surface area contributed by atoms with Crippen LogP contribution in [0.2, 0.25) is 0 Å². The monoisotopic (exact) mass is 479 g/mol. The van der Waals surface area contributed by atoms with E-state index in [0.717, 1.165) is 16.8 Å². The summed E-state index contributed by atoms with van der Waals surface area (Å²) in [6, 6.07) is 12.6. The molecule has 1 heterocycles. The Hall–Kier alpha value is -1.98. The Morgan fingerprint density at radius 1 is 1.19 bits per heavy atom. The largest absolute Gasteiger partial charge is 0.380 e. The Morgan fingerprint density at radius 2 is 1.94 bits per heavy atom. The lowest BCUT2D eigenvalue weighted by Crippen LogP contribution is -2.20. The van der Waals surface area contributed by atoms with E-state index >= 15 is 0 Å². The second-order valence-corrected chi connectivity index (χ2v) is 10.6. The quantitative estimate of drug-likeness (QED) is 0.375. The molecule has 10 heteroatoms. The minimum atomic E-state index is -3.82. The number of nitrogens with zero attached hydrogens (tertiary/aromatic N) is 2. The number of hydrogen-bond acceptors (Lipinski definition) is 6. The van der Waals surface area contributed by atoms with Gasteiger partial charge in [0.05, 0.1) is 28.1 Å². The summed E-state index contributed by atoms with van der Waals surface area (Å²) in [5.41, 5.74) is 1.68. The summed E-state index contributed by atoms with van der Waals surface area (Å²) in [7, 11) is -3.82. The van der Waals surface area contributed by atoms with Crippen molar-refractivity contribution >= 4 is 49.2 Å². The van der Waals surface area contributed by atoms with Gasteiger partial charge in [0, 0.05) is 18.0 Å². The molecule has 0 fully saturated rings. The zero-order valence-electron chi connectivity index (χ0n) is 17.4. The van der Waals surface area contributed by atoms with Crippen LogP contribution in [0.25, 0.3) is 10.2 Å². The van der Waals surface area contributed by atoms with Gasteiger partial charge < -0.3 is 9.30 Å². The number of ether oxygens (including phenoxy) is 1. The molecular weight excluding hydrogens is 454 g/mol. The Morgan fingerprint density at radius 3 is 2.58 bits per heavy atom. The molecule has 0 aliphatic rings. The van der Waals surface area contributed by atoms with Crippen LogP contribution in [-0.2, 0) is 32.5 Å². The van der Waals surface area contributed by atoms with Crippen molar-refractivity contribution in [2.24, 2.45) is 10.1 Å². The number of carbonyl (C=O) groups excluding carboxylic acids is 1. The molecule has 0 saturated carbocycles. The van der Waals surface area contributed by atoms with Crippen molar-refractivity contribution in [2.75, 3.05) is 19.0 Å². The van der Waals surface area contributed by atoms with Gasteiger partial charge in [0.15, 0.2) is 4.80 Å². The number of fused-ring (bicyclic) bond motifs is 1. The number of amides is 1. The highest BCUT2D eigenvalue weighted by Crippen LogP contribution is 2.22. The first-order chi connectivity index (χ1) is 14.8. The van der Waals surface area contributed by atoms with Crippen molar-refractivity contribution in [3.63, 3.8) is 0 Å². The number of aromatic nitrogens is 1. The summed E-state index contributed by atoms with van der Waals surface area (Å²) in [5, 5.41) is 5.26. The van der Waals surface area contributed by atoms with Gasteiger partial charge >= 0.3 is 0 Å². The summed E-state index contributed by atoms with van der Waals surface area (Å²) in [4.78, 5) is 18.7. The number of nitrogens with two attached hydrogens (primary N) is 1. The van der Waals surface area contributed by atoms with Gasteiger partial charge in [-0.2, -0.15) is 4.99 Å². The first kappa shape index (κ1) is 23.7. The average molecular weight is 480 g/mol. The van der Waals surface area contributed by atoms with Crippen molar-refractivity contribution in [3.05, 3.63) is 52.8 Å². The molecule has 2 N–H and O–H groups in total. The number of thioether (sulfide) groups is 1. The first-order valence-corrected chi connectivity index (χ1v) is 13.2.